The van der Waals surface area contributed by atoms with Crippen LogP contribution in [0.5, 0.6) is 0 Å². The van der Waals surface area contributed by atoms with Gasteiger partial charge in [0, 0.05) is 18.9 Å². The molecule has 0 amide bonds. The minimum atomic E-state index is -2.51. The van der Waals surface area contributed by atoms with Crippen LogP contribution in [0.4, 0.5) is 13.2 Å². The number of hydrazine groups is 1. The van der Waals surface area contributed by atoms with Crippen molar-refractivity contribution >= 4 is 0 Å². The Morgan fingerprint density at radius 3 is 2.53 bits per heavy atom. The Bertz CT molecular complexity index is 406. The largest absolute Gasteiger partial charge is 0.271 e. The Morgan fingerprint density at radius 2 is 2.00 bits per heavy atom. The number of hydrogen-bond donors (Lipinski definition) is 2. The zero-order valence-electron chi connectivity index (χ0n) is 10.7. The van der Waals surface area contributed by atoms with Crippen LogP contribution in [0.25, 0.3) is 0 Å². The van der Waals surface area contributed by atoms with Gasteiger partial charge >= 0.3 is 0 Å². The van der Waals surface area contributed by atoms with Crippen LogP contribution in [0.3, 0.4) is 0 Å². The maximum atomic E-state index is 13.1. The van der Waals surface area contributed by atoms with Crippen LogP contribution >= 0.6 is 0 Å². The zero-order chi connectivity index (χ0) is 13.9. The summed E-state index contributed by atoms with van der Waals surface area (Å²) in [6.07, 6.45) is 1.73. The molecule has 1 saturated carbocycles. The van der Waals surface area contributed by atoms with Crippen molar-refractivity contribution in [1.29, 1.82) is 0 Å². The van der Waals surface area contributed by atoms with Gasteiger partial charge in [0.1, 0.15) is 5.82 Å². The van der Waals surface area contributed by atoms with Gasteiger partial charge in [-0.1, -0.05) is 12.1 Å². The maximum Gasteiger partial charge on any atom is 0.248 e. The van der Waals surface area contributed by atoms with Gasteiger partial charge in [0.05, 0.1) is 0 Å². The van der Waals surface area contributed by atoms with Gasteiger partial charge in [-0.05, 0) is 42.9 Å². The highest BCUT2D eigenvalue weighted by molar-refractivity contribution is 5.17. The van der Waals surface area contributed by atoms with E-state index < -0.39 is 5.92 Å². The van der Waals surface area contributed by atoms with E-state index in [-0.39, 0.29) is 30.6 Å². The molecule has 106 valence electrons. The smallest absolute Gasteiger partial charge is 0.248 e. The molecular formula is C14H19F3N2. The van der Waals surface area contributed by atoms with Crippen LogP contribution in [0, 0.1) is 11.7 Å². The van der Waals surface area contributed by atoms with Crippen molar-refractivity contribution < 1.29 is 13.2 Å². The Kier molecular flexibility index (Phi) is 4.47. The number of nitrogens with one attached hydrogen (secondary N) is 1. The third kappa shape index (κ3) is 4.21. The van der Waals surface area contributed by atoms with Crippen molar-refractivity contribution in [2.24, 2.45) is 11.8 Å². The lowest BCUT2D eigenvalue weighted by atomic mass is 9.94. The first-order valence-electron chi connectivity index (χ1n) is 6.57. The summed E-state index contributed by atoms with van der Waals surface area (Å²) < 4.78 is 39.0. The average molecular weight is 272 g/mol. The number of hydrogen-bond acceptors (Lipinski definition) is 2. The van der Waals surface area contributed by atoms with E-state index in [1.807, 2.05) is 0 Å². The normalized spacial score (nSPS) is 23.5. The fourth-order valence-corrected chi connectivity index (χ4v) is 2.76. The average Bonchev–Trinajstić information content (AvgIpc) is 2.70. The molecular weight excluding hydrogens is 253 g/mol. The van der Waals surface area contributed by atoms with Crippen molar-refractivity contribution in [3.05, 3.63) is 35.6 Å². The highest BCUT2D eigenvalue weighted by Crippen LogP contribution is 2.40. The highest BCUT2D eigenvalue weighted by Gasteiger charge is 2.39. The van der Waals surface area contributed by atoms with E-state index in [0.717, 1.165) is 5.56 Å². The van der Waals surface area contributed by atoms with Crippen molar-refractivity contribution in [3.8, 4) is 0 Å². The molecule has 1 aromatic rings. The number of nitrogens with two attached hydrogens (primary N) is 1. The van der Waals surface area contributed by atoms with Crippen LogP contribution < -0.4 is 11.3 Å². The molecule has 2 nitrogen and oxygen atoms in total. The molecule has 0 heterocycles. The SMILES string of the molecule is NNC(Cc1ccc(F)cc1)CC1CCC(F)(F)C1. The fraction of sp³-hybridized carbons (Fsp3) is 0.571. The highest BCUT2D eigenvalue weighted by atomic mass is 19.3. The summed E-state index contributed by atoms with van der Waals surface area (Å²) in [6.45, 7) is 0. The lowest BCUT2D eigenvalue weighted by molar-refractivity contribution is 0.00432. The fourth-order valence-electron chi connectivity index (χ4n) is 2.76. The van der Waals surface area contributed by atoms with Crippen LogP contribution in [-0.4, -0.2) is 12.0 Å². The Balaban J connectivity index is 1.88. The number of benzene rings is 1. The van der Waals surface area contributed by atoms with Gasteiger partial charge in [-0.3, -0.25) is 11.3 Å². The van der Waals surface area contributed by atoms with Crippen molar-refractivity contribution in [1.82, 2.24) is 5.43 Å². The third-order valence-corrected chi connectivity index (χ3v) is 3.75. The van der Waals surface area contributed by atoms with Crippen molar-refractivity contribution in [2.45, 2.75) is 44.1 Å². The van der Waals surface area contributed by atoms with Gasteiger partial charge in [-0.2, -0.15) is 0 Å². The molecule has 0 spiro atoms. The Hall–Kier alpha value is -1.07. The van der Waals surface area contributed by atoms with Crippen LogP contribution in [0.15, 0.2) is 24.3 Å². The van der Waals surface area contributed by atoms with E-state index in [0.29, 0.717) is 19.3 Å². The molecule has 2 unspecified atom stereocenters. The summed E-state index contributed by atoms with van der Waals surface area (Å²) in [5.41, 5.74) is 3.63. The number of halogens is 3. The van der Waals surface area contributed by atoms with Crippen molar-refractivity contribution in [3.63, 3.8) is 0 Å². The van der Waals surface area contributed by atoms with E-state index in [2.05, 4.69) is 5.43 Å². The third-order valence-electron chi connectivity index (χ3n) is 3.75. The van der Waals surface area contributed by atoms with E-state index >= 15 is 0 Å². The van der Waals surface area contributed by atoms with E-state index in [1.54, 1.807) is 12.1 Å². The maximum absolute atomic E-state index is 13.1. The van der Waals surface area contributed by atoms with Gasteiger partial charge in [0.15, 0.2) is 0 Å². The minimum Gasteiger partial charge on any atom is -0.271 e. The summed E-state index contributed by atoms with van der Waals surface area (Å²) in [5.74, 6) is 2.70. The first-order valence-corrected chi connectivity index (χ1v) is 6.57. The van der Waals surface area contributed by atoms with Gasteiger partial charge in [0.25, 0.3) is 0 Å². The van der Waals surface area contributed by atoms with Crippen LogP contribution in [-0.2, 0) is 6.42 Å². The zero-order valence-corrected chi connectivity index (χ0v) is 10.7. The lowest BCUT2D eigenvalue weighted by Crippen LogP contribution is -2.38. The summed E-state index contributed by atoms with van der Waals surface area (Å²) >= 11 is 0. The van der Waals surface area contributed by atoms with Gasteiger partial charge in [0.2, 0.25) is 5.92 Å². The number of alkyl halides is 2. The molecule has 2 atom stereocenters. The summed E-state index contributed by atoms with van der Waals surface area (Å²) in [5, 5.41) is 0. The predicted molar refractivity (Wildman–Crippen MR) is 68.1 cm³/mol. The molecule has 2 rings (SSSR count). The standard InChI is InChI=1S/C14H19F3N2/c15-12-3-1-10(2-4-12)7-13(19-18)8-11-5-6-14(16,17)9-11/h1-4,11,13,19H,5-9,18H2. The molecule has 3 N–H and O–H groups in total. The van der Waals surface area contributed by atoms with Crippen LogP contribution in [0.1, 0.15) is 31.2 Å². The quantitative estimate of drug-likeness (QED) is 0.638. The van der Waals surface area contributed by atoms with Gasteiger partial charge in [-0.25, -0.2) is 13.2 Å². The second-order valence-corrected chi connectivity index (χ2v) is 5.39. The van der Waals surface area contributed by atoms with E-state index in [1.165, 1.54) is 12.1 Å². The summed E-state index contributed by atoms with van der Waals surface area (Å²) in [4.78, 5) is 0. The molecule has 1 aliphatic rings. The van der Waals surface area contributed by atoms with Crippen LogP contribution in [0.2, 0.25) is 0 Å². The second-order valence-electron chi connectivity index (χ2n) is 5.39. The first-order chi connectivity index (χ1) is 8.98. The lowest BCUT2D eigenvalue weighted by Gasteiger charge is -2.20. The van der Waals surface area contributed by atoms with Gasteiger partial charge in [-0.15, -0.1) is 0 Å². The topological polar surface area (TPSA) is 38.0 Å². The van der Waals surface area contributed by atoms with E-state index in [9.17, 15) is 13.2 Å². The number of rotatable bonds is 5. The monoisotopic (exact) mass is 272 g/mol. The van der Waals surface area contributed by atoms with Gasteiger partial charge < -0.3 is 0 Å². The summed E-state index contributed by atoms with van der Waals surface area (Å²) in [7, 11) is 0. The van der Waals surface area contributed by atoms with E-state index in [4.69, 9.17) is 5.84 Å². The minimum absolute atomic E-state index is 0.0106. The molecule has 0 radical (unpaired) electrons. The molecule has 1 aromatic carbocycles. The molecule has 5 heteroatoms. The molecule has 1 fully saturated rings. The van der Waals surface area contributed by atoms with Crippen molar-refractivity contribution in [2.75, 3.05) is 0 Å². The molecule has 0 aromatic heterocycles. The first kappa shape index (κ1) is 14.3. The predicted octanol–water partition coefficient (Wildman–Crippen LogP) is 3.03. The molecule has 0 saturated heterocycles. The Labute approximate surface area is 111 Å². The molecule has 0 aliphatic heterocycles. The second kappa shape index (κ2) is 5.92. The molecule has 19 heavy (non-hydrogen) atoms. The Morgan fingerprint density at radius 1 is 1.32 bits per heavy atom. The molecule has 1 aliphatic carbocycles. The summed E-state index contributed by atoms with van der Waals surface area (Å²) in [6, 6.07) is 6.13. The molecule has 0 bridgehead atoms.